The summed E-state index contributed by atoms with van der Waals surface area (Å²) in [6, 6.07) is 12.0. The van der Waals surface area contributed by atoms with Crippen LogP contribution in [0.4, 0.5) is 5.69 Å². The van der Waals surface area contributed by atoms with Crippen LogP contribution in [-0.2, 0) is 10.0 Å². The fraction of sp³-hybridized carbons (Fsp3) is 0.235. The first-order valence-electron chi connectivity index (χ1n) is 7.13. The molecule has 0 aliphatic carbocycles. The Kier molecular flexibility index (Phi) is 4.87. The van der Waals surface area contributed by atoms with Gasteiger partial charge in [0.05, 0.1) is 4.90 Å². The maximum absolute atomic E-state index is 12.4. The van der Waals surface area contributed by atoms with Crippen LogP contribution in [0.25, 0.3) is 0 Å². The van der Waals surface area contributed by atoms with Gasteiger partial charge >= 0.3 is 0 Å². The van der Waals surface area contributed by atoms with Crippen molar-refractivity contribution >= 4 is 21.6 Å². The average molecular weight is 332 g/mol. The van der Waals surface area contributed by atoms with E-state index < -0.39 is 10.0 Å². The van der Waals surface area contributed by atoms with Crippen molar-refractivity contribution in [3.8, 4) is 0 Å². The second kappa shape index (κ2) is 6.52. The summed E-state index contributed by atoms with van der Waals surface area (Å²) in [4.78, 5) is 12.5. The molecule has 0 radical (unpaired) electrons. The van der Waals surface area contributed by atoms with Gasteiger partial charge in [0.1, 0.15) is 0 Å². The molecule has 1 N–H and O–H groups in total. The van der Waals surface area contributed by atoms with Crippen molar-refractivity contribution in [2.24, 2.45) is 0 Å². The molecule has 1 amide bonds. The molecule has 0 unspecified atom stereocenters. The molecular formula is C17H20N2O3S. The summed E-state index contributed by atoms with van der Waals surface area (Å²) in [5, 5.41) is 2.79. The van der Waals surface area contributed by atoms with Crippen molar-refractivity contribution in [2.45, 2.75) is 18.7 Å². The summed E-state index contributed by atoms with van der Waals surface area (Å²) in [5.74, 6) is -0.331. The number of benzene rings is 2. The maximum Gasteiger partial charge on any atom is 0.255 e. The van der Waals surface area contributed by atoms with Crippen LogP contribution in [0.2, 0.25) is 0 Å². The normalized spacial score (nSPS) is 11.5. The Morgan fingerprint density at radius 3 is 2.17 bits per heavy atom. The Hall–Kier alpha value is -2.18. The van der Waals surface area contributed by atoms with Gasteiger partial charge in [0.15, 0.2) is 0 Å². The Labute approximate surface area is 137 Å². The number of hydrogen-bond donors (Lipinski definition) is 1. The van der Waals surface area contributed by atoms with E-state index in [4.69, 9.17) is 0 Å². The van der Waals surface area contributed by atoms with Gasteiger partial charge in [-0.1, -0.05) is 23.8 Å². The standard InChI is InChI=1S/C17H20N2O3S/c1-12-5-8-14(9-6-12)18-17(20)16-11-15(10-7-13(16)2)23(21,22)19(3)4/h5-11H,1-4H3,(H,18,20). The van der Waals surface area contributed by atoms with Crippen molar-refractivity contribution < 1.29 is 13.2 Å². The molecule has 0 aromatic heterocycles. The number of amides is 1. The number of carbonyl (C=O) groups is 1. The molecule has 2 rings (SSSR count). The zero-order valence-electron chi connectivity index (χ0n) is 13.6. The molecule has 0 aliphatic rings. The predicted octanol–water partition coefficient (Wildman–Crippen LogP) is 2.81. The molecule has 2 aromatic rings. The summed E-state index contributed by atoms with van der Waals surface area (Å²) < 4.78 is 25.5. The molecule has 2 aromatic carbocycles. The van der Waals surface area contributed by atoms with E-state index >= 15 is 0 Å². The number of nitrogens with one attached hydrogen (secondary N) is 1. The van der Waals surface area contributed by atoms with E-state index in [1.165, 1.54) is 26.2 Å². The van der Waals surface area contributed by atoms with Crippen LogP contribution in [-0.4, -0.2) is 32.7 Å². The molecule has 0 bridgehead atoms. The molecule has 0 saturated heterocycles. The van der Waals surface area contributed by atoms with Crippen LogP contribution in [0.5, 0.6) is 0 Å². The molecule has 0 fully saturated rings. The lowest BCUT2D eigenvalue weighted by Crippen LogP contribution is -2.23. The summed E-state index contributed by atoms with van der Waals surface area (Å²) in [6.45, 7) is 3.74. The highest BCUT2D eigenvalue weighted by molar-refractivity contribution is 7.89. The second-order valence-electron chi connectivity index (χ2n) is 5.58. The van der Waals surface area contributed by atoms with Gasteiger partial charge in [-0.15, -0.1) is 0 Å². The highest BCUT2D eigenvalue weighted by atomic mass is 32.2. The van der Waals surface area contributed by atoms with Crippen LogP contribution in [0.15, 0.2) is 47.4 Å². The number of sulfonamides is 1. The Balaban J connectivity index is 2.35. The molecule has 0 heterocycles. The summed E-state index contributed by atoms with van der Waals surface area (Å²) in [7, 11) is -0.656. The van der Waals surface area contributed by atoms with E-state index in [0.717, 1.165) is 9.87 Å². The lowest BCUT2D eigenvalue weighted by atomic mass is 10.1. The number of nitrogens with zero attached hydrogens (tertiary/aromatic N) is 1. The van der Waals surface area contributed by atoms with Crippen LogP contribution < -0.4 is 5.32 Å². The first-order chi connectivity index (χ1) is 10.7. The molecule has 122 valence electrons. The van der Waals surface area contributed by atoms with Gasteiger partial charge in [-0.3, -0.25) is 4.79 Å². The summed E-state index contributed by atoms with van der Waals surface area (Å²) >= 11 is 0. The van der Waals surface area contributed by atoms with E-state index in [0.29, 0.717) is 16.8 Å². The van der Waals surface area contributed by atoms with E-state index in [-0.39, 0.29) is 10.8 Å². The zero-order valence-corrected chi connectivity index (χ0v) is 14.4. The van der Waals surface area contributed by atoms with Gasteiger partial charge in [0.25, 0.3) is 5.91 Å². The Bertz CT molecular complexity index is 825. The SMILES string of the molecule is Cc1ccc(NC(=O)c2cc(S(=O)(=O)N(C)C)ccc2C)cc1. The van der Waals surface area contributed by atoms with E-state index in [1.807, 2.05) is 31.2 Å². The molecule has 0 spiro atoms. The topological polar surface area (TPSA) is 66.5 Å². The number of anilines is 1. The predicted molar refractivity (Wildman–Crippen MR) is 91.2 cm³/mol. The third-order valence-electron chi connectivity index (χ3n) is 3.54. The molecule has 23 heavy (non-hydrogen) atoms. The minimum atomic E-state index is -3.57. The Morgan fingerprint density at radius 2 is 1.61 bits per heavy atom. The fourth-order valence-corrected chi connectivity index (χ4v) is 2.98. The molecule has 0 atom stereocenters. The van der Waals surface area contributed by atoms with Crippen molar-refractivity contribution in [1.82, 2.24) is 4.31 Å². The fourth-order valence-electron chi connectivity index (χ4n) is 2.05. The highest BCUT2D eigenvalue weighted by Crippen LogP contribution is 2.19. The van der Waals surface area contributed by atoms with Crippen molar-refractivity contribution in [3.63, 3.8) is 0 Å². The largest absolute Gasteiger partial charge is 0.322 e. The quantitative estimate of drug-likeness (QED) is 0.936. The van der Waals surface area contributed by atoms with Gasteiger partial charge in [0.2, 0.25) is 10.0 Å². The number of aryl methyl sites for hydroxylation is 2. The molecule has 0 saturated carbocycles. The first-order valence-corrected chi connectivity index (χ1v) is 8.57. The van der Waals surface area contributed by atoms with E-state index in [2.05, 4.69) is 5.32 Å². The van der Waals surface area contributed by atoms with Gasteiger partial charge in [-0.05, 0) is 43.7 Å². The monoisotopic (exact) mass is 332 g/mol. The molecule has 5 nitrogen and oxygen atoms in total. The summed E-state index contributed by atoms with van der Waals surface area (Å²) in [6.07, 6.45) is 0. The lowest BCUT2D eigenvalue weighted by molar-refractivity contribution is 0.102. The first kappa shape index (κ1) is 17.2. The van der Waals surface area contributed by atoms with Crippen molar-refractivity contribution in [3.05, 3.63) is 59.2 Å². The van der Waals surface area contributed by atoms with Gasteiger partial charge in [-0.2, -0.15) is 0 Å². The van der Waals surface area contributed by atoms with Crippen molar-refractivity contribution in [1.29, 1.82) is 0 Å². The zero-order chi connectivity index (χ0) is 17.2. The summed E-state index contributed by atoms with van der Waals surface area (Å²) in [5.41, 5.74) is 2.82. The highest BCUT2D eigenvalue weighted by Gasteiger charge is 2.20. The van der Waals surface area contributed by atoms with E-state index in [9.17, 15) is 13.2 Å². The minimum Gasteiger partial charge on any atom is -0.322 e. The van der Waals surface area contributed by atoms with Crippen LogP contribution in [0, 0.1) is 13.8 Å². The minimum absolute atomic E-state index is 0.0992. The number of hydrogen-bond acceptors (Lipinski definition) is 3. The third-order valence-corrected chi connectivity index (χ3v) is 5.35. The van der Waals surface area contributed by atoms with Crippen molar-refractivity contribution in [2.75, 3.05) is 19.4 Å². The van der Waals surface area contributed by atoms with Gasteiger partial charge < -0.3 is 5.32 Å². The Morgan fingerprint density at radius 1 is 1.00 bits per heavy atom. The molecular weight excluding hydrogens is 312 g/mol. The van der Waals surface area contributed by atoms with E-state index in [1.54, 1.807) is 13.0 Å². The second-order valence-corrected chi connectivity index (χ2v) is 7.74. The molecule has 6 heteroatoms. The number of carbonyl (C=O) groups excluding carboxylic acids is 1. The lowest BCUT2D eigenvalue weighted by Gasteiger charge is -2.14. The maximum atomic E-state index is 12.4. The van der Waals surface area contributed by atoms with Gasteiger partial charge in [0, 0.05) is 25.3 Å². The average Bonchev–Trinajstić information content (AvgIpc) is 2.49. The molecule has 0 aliphatic heterocycles. The number of rotatable bonds is 4. The van der Waals surface area contributed by atoms with Gasteiger partial charge in [-0.25, -0.2) is 12.7 Å². The van der Waals surface area contributed by atoms with Crippen LogP contribution in [0.1, 0.15) is 21.5 Å². The smallest absolute Gasteiger partial charge is 0.255 e. The third kappa shape index (κ3) is 3.78. The van der Waals surface area contributed by atoms with Crippen LogP contribution in [0.3, 0.4) is 0 Å². The van der Waals surface area contributed by atoms with Crippen LogP contribution >= 0.6 is 0 Å².